The molecular weight excluding hydrogens is 469 g/mol. The zero-order valence-electron chi connectivity index (χ0n) is 22.7. The molecule has 3 heteroatoms. The van der Waals surface area contributed by atoms with E-state index in [4.69, 9.17) is 4.99 Å². The summed E-state index contributed by atoms with van der Waals surface area (Å²) in [6.45, 7) is 4.28. The molecule has 37 heavy (non-hydrogen) atoms. The zero-order valence-corrected chi connectivity index (χ0v) is 23.6. The average molecular weight is 512 g/mol. The summed E-state index contributed by atoms with van der Waals surface area (Å²) in [7, 11) is -0.323. The predicted molar refractivity (Wildman–Crippen MR) is 160 cm³/mol. The van der Waals surface area contributed by atoms with Crippen LogP contribution in [0.25, 0.3) is 10.8 Å². The summed E-state index contributed by atoms with van der Waals surface area (Å²) < 4.78 is 0. The summed E-state index contributed by atoms with van der Waals surface area (Å²) in [5.74, 6) is 1.10. The fourth-order valence-corrected chi connectivity index (χ4v) is 11.5. The molecule has 0 amide bonds. The lowest BCUT2D eigenvalue weighted by Crippen LogP contribution is -2.41. The molecule has 1 aliphatic heterocycles. The van der Waals surface area contributed by atoms with Crippen molar-refractivity contribution in [3.8, 4) is 5.75 Å². The number of aromatic hydroxyl groups is 1. The van der Waals surface area contributed by atoms with Crippen molar-refractivity contribution in [2.45, 2.75) is 95.6 Å². The Morgan fingerprint density at radius 2 is 1.51 bits per heavy atom. The van der Waals surface area contributed by atoms with Gasteiger partial charge in [0.15, 0.2) is 0 Å². The Morgan fingerprint density at radius 3 is 2.27 bits per heavy atom. The van der Waals surface area contributed by atoms with E-state index in [1.54, 1.807) is 0 Å². The van der Waals surface area contributed by atoms with Gasteiger partial charge in [0.1, 0.15) is 5.75 Å². The minimum atomic E-state index is -0.323. The number of phenols is 1. The number of aryl methyl sites for hydroxylation is 2. The molecule has 6 rings (SSSR count). The van der Waals surface area contributed by atoms with Crippen LogP contribution in [0.15, 0.2) is 59.6 Å². The molecule has 3 aromatic rings. The molecule has 0 aromatic heterocycles. The summed E-state index contributed by atoms with van der Waals surface area (Å²) >= 11 is 0. The topological polar surface area (TPSA) is 32.6 Å². The van der Waals surface area contributed by atoms with Gasteiger partial charge in [0, 0.05) is 11.0 Å². The van der Waals surface area contributed by atoms with Crippen molar-refractivity contribution < 1.29 is 5.11 Å². The van der Waals surface area contributed by atoms with Crippen LogP contribution >= 0.6 is 7.92 Å². The Morgan fingerprint density at radius 1 is 0.811 bits per heavy atom. The van der Waals surface area contributed by atoms with Gasteiger partial charge in [-0.05, 0) is 92.2 Å². The number of hydrogen-bond acceptors (Lipinski definition) is 2. The first-order chi connectivity index (χ1) is 18.1. The molecule has 194 valence electrons. The second-order valence-electron chi connectivity index (χ2n) is 12.0. The van der Waals surface area contributed by atoms with Gasteiger partial charge in [-0.25, -0.2) is 0 Å². The number of benzene rings is 3. The SMILES string of the molecule is Cc1cc(C)c(O)c(C2(C3CCCCC3)CCP(C3CCCCC3)C2=Nc2ccc3ccccc3c2)c1. The van der Waals surface area contributed by atoms with E-state index in [-0.39, 0.29) is 13.3 Å². The Labute approximate surface area is 224 Å². The van der Waals surface area contributed by atoms with E-state index in [1.165, 1.54) is 97.7 Å². The van der Waals surface area contributed by atoms with Crippen LogP contribution in [-0.4, -0.2) is 22.4 Å². The first-order valence-corrected chi connectivity index (χ1v) is 16.3. The number of rotatable bonds is 4. The average Bonchev–Trinajstić information content (AvgIpc) is 3.31. The van der Waals surface area contributed by atoms with Gasteiger partial charge in [-0.2, -0.15) is 0 Å². The van der Waals surface area contributed by atoms with Crippen molar-refractivity contribution in [1.29, 1.82) is 0 Å². The smallest absolute Gasteiger partial charge is 0.122 e. The lowest BCUT2D eigenvalue weighted by molar-refractivity contribution is 0.257. The molecule has 1 saturated heterocycles. The van der Waals surface area contributed by atoms with Gasteiger partial charge in [-0.3, -0.25) is 4.99 Å². The van der Waals surface area contributed by atoms with Gasteiger partial charge >= 0.3 is 0 Å². The second kappa shape index (κ2) is 10.5. The highest BCUT2D eigenvalue weighted by Gasteiger charge is 2.54. The van der Waals surface area contributed by atoms with E-state index < -0.39 is 0 Å². The highest BCUT2D eigenvalue weighted by molar-refractivity contribution is 7.76. The molecule has 0 bridgehead atoms. The largest absolute Gasteiger partial charge is 0.507 e. The summed E-state index contributed by atoms with van der Waals surface area (Å²) in [5.41, 5.74) is 6.71. The quantitative estimate of drug-likeness (QED) is 0.347. The minimum absolute atomic E-state index is 0.129. The van der Waals surface area contributed by atoms with Gasteiger partial charge in [0.2, 0.25) is 0 Å². The molecule has 2 nitrogen and oxygen atoms in total. The molecule has 0 radical (unpaired) electrons. The molecule has 3 aromatic carbocycles. The summed E-state index contributed by atoms with van der Waals surface area (Å²) in [6.07, 6.45) is 15.8. The predicted octanol–water partition coefficient (Wildman–Crippen LogP) is 9.93. The molecule has 1 heterocycles. The molecule has 2 atom stereocenters. The lowest BCUT2D eigenvalue weighted by atomic mass is 9.63. The van der Waals surface area contributed by atoms with Crippen molar-refractivity contribution in [2.24, 2.45) is 10.9 Å². The first-order valence-electron chi connectivity index (χ1n) is 14.7. The van der Waals surface area contributed by atoms with E-state index in [9.17, 15) is 5.11 Å². The number of nitrogens with zero attached hydrogens (tertiary/aromatic N) is 1. The molecule has 2 aliphatic carbocycles. The van der Waals surface area contributed by atoms with Crippen molar-refractivity contribution >= 4 is 29.8 Å². The van der Waals surface area contributed by atoms with Crippen molar-refractivity contribution in [3.63, 3.8) is 0 Å². The Kier molecular flexibility index (Phi) is 7.15. The number of aliphatic imine (C=N–C) groups is 1. The number of hydrogen-bond donors (Lipinski definition) is 1. The van der Waals surface area contributed by atoms with E-state index >= 15 is 0 Å². The third-order valence-corrected chi connectivity index (χ3v) is 12.8. The summed E-state index contributed by atoms with van der Waals surface area (Å²) in [4.78, 5) is 5.70. The minimum Gasteiger partial charge on any atom is -0.507 e. The number of fused-ring (bicyclic) bond motifs is 1. The van der Waals surface area contributed by atoms with Crippen LogP contribution in [-0.2, 0) is 5.41 Å². The molecule has 0 spiro atoms. The fraction of sp³-hybridized carbons (Fsp3) is 0.500. The van der Waals surface area contributed by atoms with Crippen LogP contribution in [0, 0.1) is 19.8 Å². The molecule has 2 unspecified atom stereocenters. The highest BCUT2D eigenvalue weighted by Crippen LogP contribution is 2.66. The first kappa shape index (κ1) is 25.1. The fourth-order valence-electron chi connectivity index (χ4n) is 7.81. The second-order valence-corrected chi connectivity index (χ2v) is 14.5. The van der Waals surface area contributed by atoms with E-state index in [0.29, 0.717) is 11.7 Å². The Balaban J connectivity index is 1.57. The van der Waals surface area contributed by atoms with E-state index in [1.807, 2.05) is 0 Å². The summed E-state index contributed by atoms with van der Waals surface area (Å²) in [6, 6.07) is 19.9. The van der Waals surface area contributed by atoms with Crippen LogP contribution < -0.4 is 0 Å². The van der Waals surface area contributed by atoms with E-state index in [2.05, 4.69) is 68.4 Å². The Bertz CT molecular complexity index is 1300. The lowest BCUT2D eigenvalue weighted by Gasteiger charge is -2.43. The maximum Gasteiger partial charge on any atom is 0.122 e. The normalized spacial score (nSPS) is 26.8. The summed E-state index contributed by atoms with van der Waals surface area (Å²) in [5, 5.41) is 14.2. The van der Waals surface area contributed by atoms with Crippen molar-refractivity contribution in [2.75, 3.05) is 6.16 Å². The third-order valence-electron chi connectivity index (χ3n) is 9.63. The van der Waals surface area contributed by atoms with Crippen LogP contribution in [0.5, 0.6) is 5.75 Å². The van der Waals surface area contributed by atoms with Crippen molar-refractivity contribution in [3.05, 3.63) is 71.3 Å². The Hall–Kier alpha value is -2.18. The molecular formula is C34H42NOP. The standard InChI is InChI=1S/C34H42NOP/c1-24-21-25(2)32(36)31(22-24)34(28-13-5-3-6-14-28)19-20-37(30-15-7-4-8-16-30)33(34)35-29-18-17-26-11-9-10-12-27(26)23-29/h9-12,17-18,21-23,28,30,36H,3-8,13-16,19-20H2,1-2H3. The van der Waals surface area contributed by atoms with Gasteiger partial charge in [-0.1, -0.05) is 94.5 Å². The molecule has 2 saturated carbocycles. The van der Waals surface area contributed by atoms with Crippen LogP contribution in [0.1, 0.15) is 87.3 Å². The highest BCUT2D eigenvalue weighted by atomic mass is 31.1. The molecule has 3 aliphatic rings. The van der Waals surface area contributed by atoms with E-state index in [0.717, 1.165) is 23.3 Å². The third kappa shape index (κ3) is 4.65. The molecule has 3 fully saturated rings. The van der Waals surface area contributed by atoms with Crippen molar-refractivity contribution in [1.82, 2.24) is 0 Å². The van der Waals surface area contributed by atoms with Crippen LogP contribution in [0.4, 0.5) is 5.69 Å². The van der Waals surface area contributed by atoms with Gasteiger partial charge in [0.05, 0.1) is 11.1 Å². The maximum absolute atomic E-state index is 11.7. The molecule has 1 N–H and O–H groups in total. The van der Waals surface area contributed by atoms with Gasteiger partial charge in [0.25, 0.3) is 0 Å². The number of phenolic OH excluding ortho intramolecular Hbond substituents is 1. The van der Waals surface area contributed by atoms with Crippen LogP contribution in [0.3, 0.4) is 0 Å². The maximum atomic E-state index is 11.7. The van der Waals surface area contributed by atoms with Gasteiger partial charge < -0.3 is 5.11 Å². The monoisotopic (exact) mass is 511 g/mol. The zero-order chi connectivity index (χ0) is 25.4. The van der Waals surface area contributed by atoms with Gasteiger partial charge in [-0.15, -0.1) is 0 Å². The van der Waals surface area contributed by atoms with Crippen LogP contribution in [0.2, 0.25) is 0 Å².